The molecule has 3 aromatic heterocycles. The highest BCUT2D eigenvalue weighted by Crippen LogP contribution is 2.35. The number of hydrogen-bond donors (Lipinski definition) is 2. The molecule has 1 aliphatic rings. The van der Waals surface area contributed by atoms with Gasteiger partial charge in [0.15, 0.2) is 0 Å². The molecule has 0 spiro atoms. The van der Waals surface area contributed by atoms with E-state index >= 15 is 0 Å². The second-order valence-corrected chi connectivity index (χ2v) is 8.69. The minimum atomic E-state index is -3.23. The summed E-state index contributed by atoms with van der Waals surface area (Å²) in [4.78, 5) is 11.6. The number of aromatic nitrogens is 5. The highest BCUT2D eigenvalue weighted by molar-refractivity contribution is 7.89. The van der Waals surface area contributed by atoms with E-state index in [2.05, 4.69) is 20.1 Å². The summed E-state index contributed by atoms with van der Waals surface area (Å²) in [5, 5.41) is 12.9. The van der Waals surface area contributed by atoms with Gasteiger partial charge < -0.3 is 10.4 Å². The number of nitrogens with zero attached hydrogens (tertiary/aromatic N) is 5. The zero-order valence-corrected chi connectivity index (χ0v) is 15.1. The van der Waals surface area contributed by atoms with Crippen molar-refractivity contribution < 1.29 is 8.42 Å². The highest BCUT2D eigenvalue weighted by atomic mass is 32.2. The van der Waals surface area contributed by atoms with Gasteiger partial charge in [0.25, 0.3) is 0 Å². The number of rotatable bonds is 6. The van der Waals surface area contributed by atoms with Crippen LogP contribution in [0.2, 0.25) is 0 Å². The van der Waals surface area contributed by atoms with Gasteiger partial charge >= 0.3 is 0 Å². The van der Waals surface area contributed by atoms with Gasteiger partial charge in [0.1, 0.15) is 12.0 Å². The lowest BCUT2D eigenvalue weighted by Crippen LogP contribution is -2.64. The predicted octanol–water partition coefficient (Wildman–Crippen LogP) is 1.22. The smallest absolute Gasteiger partial charge is 0.213 e. The first-order chi connectivity index (χ1) is 12.5. The Morgan fingerprint density at radius 1 is 1.38 bits per heavy atom. The average molecular weight is 373 g/mol. The van der Waals surface area contributed by atoms with Crippen LogP contribution in [0.5, 0.6) is 0 Å². The Balaban J connectivity index is 1.68. The molecule has 0 aromatic carbocycles. The lowest BCUT2D eigenvalue weighted by molar-refractivity contribution is 0.0754. The van der Waals surface area contributed by atoms with Gasteiger partial charge in [-0.05, 0) is 19.2 Å². The van der Waals surface area contributed by atoms with Gasteiger partial charge in [0, 0.05) is 42.9 Å². The van der Waals surface area contributed by atoms with E-state index in [0.717, 1.165) is 22.3 Å². The van der Waals surface area contributed by atoms with E-state index in [1.165, 1.54) is 16.8 Å². The van der Waals surface area contributed by atoms with E-state index in [-0.39, 0.29) is 5.75 Å². The van der Waals surface area contributed by atoms with Crippen molar-refractivity contribution in [3.63, 3.8) is 0 Å². The van der Waals surface area contributed by atoms with Crippen LogP contribution >= 0.6 is 0 Å². The number of fused-ring (bicyclic) bond motifs is 1. The molecular weight excluding hydrogens is 354 g/mol. The predicted molar refractivity (Wildman–Crippen MR) is 97.5 cm³/mol. The third kappa shape index (κ3) is 2.53. The number of sulfonamides is 1. The van der Waals surface area contributed by atoms with Gasteiger partial charge in [-0.25, -0.2) is 18.4 Å². The Morgan fingerprint density at radius 2 is 2.19 bits per heavy atom. The van der Waals surface area contributed by atoms with Crippen LogP contribution in [0.25, 0.3) is 22.3 Å². The van der Waals surface area contributed by atoms with E-state index in [9.17, 15) is 8.42 Å². The molecule has 0 atom stereocenters. The SMILES string of the molecule is CCS(=O)(=O)N1CC(CC=N)(n2cc(-c3ncnc4[nH]ccc34)cn2)C1. The maximum Gasteiger partial charge on any atom is 0.213 e. The normalized spacial score (nSPS) is 17.3. The molecule has 0 radical (unpaired) electrons. The number of hydrogen-bond acceptors (Lipinski definition) is 6. The fourth-order valence-electron chi connectivity index (χ4n) is 3.35. The minimum Gasteiger partial charge on any atom is -0.346 e. The Labute approximate surface area is 150 Å². The molecule has 0 aliphatic carbocycles. The maximum atomic E-state index is 12.1. The van der Waals surface area contributed by atoms with E-state index in [1.54, 1.807) is 17.8 Å². The summed E-state index contributed by atoms with van der Waals surface area (Å²) >= 11 is 0. The quantitative estimate of drug-likeness (QED) is 0.629. The molecular formula is C16H19N7O2S. The van der Waals surface area contributed by atoms with Crippen molar-refractivity contribution >= 4 is 27.3 Å². The standard InChI is InChI=1S/C16H19N7O2S/c1-2-26(24,25)22-9-16(10-22,4-5-17)23-8-12(7-21-23)14-13-3-6-18-15(13)20-11-19-14/h3,5-8,11,17H,2,4,9-10H2,1H3,(H,18,19,20). The van der Waals surface area contributed by atoms with E-state index < -0.39 is 15.6 Å². The van der Waals surface area contributed by atoms with Crippen LogP contribution < -0.4 is 0 Å². The van der Waals surface area contributed by atoms with Gasteiger partial charge in [-0.2, -0.15) is 9.40 Å². The van der Waals surface area contributed by atoms with Crippen LogP contribution in [0.3, 0.4) is 0 Å². The molecule has 136 valence electrons. The van der Waals surface area contributed by atoms with Gasteiger partial charge in [-0.1, -0.05) is 0 Å². The number of nitrogens with one attached hydrogen (secondary N) is 2. The summed E-state index contributed by atoms with van der Waals surface area (Å²) in [7, 11) is -3.23. The van der Waals surface area contributed by atoms with Crippen molar-refractivity contribution in [1.82, 2.24) is 29.0 Å². The van der Waals surface area contributed by atoms with E-state index in [1.807, 2.05) is 18.5 Å². The summed E-state index contributed by atoms with van der Waals surface area (Å²) in [5.74, 6) is 0.0738. The highest BCUT2D eigenvalue weighted by Gasteiger charge is 2.49. The van der Waals surface area contributed by atoms with Crippen LogP contribution in [-0.2, 0) is 15.6 Å². The Hall–Kier alpha value is -2.59. The lowest BCUT2D eigenvalue weighted by Gasteiger charge is -2.48. The average Bonchev–Trinajstić information content (AvgIpc) is 3.26. The van der Waals surface area contributed by atoms with Gasteiger partial charge in [0.2, 0.25) is 10.0 Å². The van der Waals surface area contributed by atoms with Crippen molar-refractivity contribution in [2.45, 2.75) is 18.9 Å². The first kappa shape index (κ1) is 16.9. The van der Waals surface area contributed by atoms with Gasteiger partial charge in [-0.3, -0.25) is 4.68 Å². The largest absolute Gasteiger partial charge is 0.346 e. The lowest BCUT2D eigenvalue weighted by atomic mass is 9.89. The van der Waals surface area contributed by atoms with Crippen LogP contribution in [0.15, 0.2) is 31.0 Å². The Bertz CT molecular complexity index is 1060. The second-order valence-electron chi connectivity index (χ2n) is 6.44. The third-order valence-corrected chi connectivity index (χ3v) is 6.65. The fourth-order valence-corrected chi connectivity index (χ4v) is 4.59. The molecule has 1 aliphatic heterocycles. The maximum absolute atomic E-state index is 12.1. The summed E-state index contributed by atoms with van der Waals surface area (Å²) in [6, 6.07) is 1.91. The second kappa shape index (κ2) is 5.99. The third-order valence-electron chi connectivity index (χ3n) is 4.88. The molecule has 1 saturated heterocycles. The van der Waals surface area contributed by atoms with Crippen LogP contribution in [-0.4, -0.2) is 62.5 Å². The molecule has 2 N–H and O–H groups in total. The van der Waals surface area contributed by atoms with E-state index in [0.29, 0.717) is 19.5 Å². The van der Waals surface area contributed by atoms with Crippen molar-refractivity contribution in [1.29, 1.82) is 5.41 Å². The molecule has 10 heteroatoms. The zero-order valence-electron chi connectivity index (χ0n) is 14.3. The molecule has 0 saturated carbocycles. The fraction of sp³-hybridized carbons (Fsp3) is 0.375. The summed E-state index contributed by atoms with van der Waals surface area (Å²) in [6.07, 6.45) is 8.63. The van der Waals surface area contributed by atoms with Crippen LogP contribution in [0, 0.1) is 5.41 Å². The first-order valence-corrected chi connectivity index (χ1v) is 9.90. The zero-order chi connectivity index (χ0) is 18.4. The van der Waals surface area contributed by atoms with Gasteiger partial charge in [0.05, 0.1) is 23.2 Å². The molecule has 0 amide bonds. The molecule has 4 heterocycles. The number of aromatic amines is 1. The van der Waals surface area contributed by atoms with Crippen molar-refractivity contribution in [2.75, 3.05) is 18.8 Å². The molecule has 9 nitrogen and oxygen atoms in total. The Morgan fingerprint density at radius 3 is 2.92 bits per heavy atom. The topological polar surface area (TPSA) is 121 Å². The van der Waals surface area contributed by atoms with E-state index in [4.69, 9.17) is 5.41 Å². The monoisotopic (exact) mass is 373 g/mol. The van der Waals surface area contributed by atoms with Crippen molar-refractivity contribution in [2.24, 2.45) is 0 Å². The molecule has 0 unspecified atom stereocenters. The van der Waals surface area contributed by atoms with Crippen LogP contribution in [0.1, 0.15) is 13.3 Å². The Kier molecular flexibility index (Phi) is 3.88. The molecule has 26 heavy (non-hydrogen) atoms. The molecule has 3 aromatic rings. The van der Waals surface area contributed by atoms with Gasteiger partial charge in [-0.15, -0.1) is 0 Å². The summed E-state index contributed by atoms with van der Waals surface area (Å²) < 4.78 is 27.4. The number of H-pyrrole nitrogens is 1. The van der Waals surface area contributed by atoms with Crippen molar-refractivity contribution in [3.8, 4) is 11.3 Å². The summed E-state index contributed by atoms with van der Waals surface area (Å²) in [5.41, 5.74) is 1.83. The molecule has 0 bridgehead atoms. The molecule has 1 fully saturated rings. The first-order valence-electron chi connectivity index (χ1n) is 8.29. The minimum absolute atomic E-state index is 0.0738. The summed E-state index contributed by atoms with van der Waals surface area (Å²) in [6.45, 7) is 2.28. The molecule has 4 rings (SSSR count). The van der Waals surface area contributed by atoms with Crippen LogP contribution in [0.4, 0.5) is 0 Å². The van der Waals surface area contributed by atoms with Crippen molar-refractivity contribution in [3.05, 3.63) is 31.0 Å².